The largest absolute Gasteiger partial charge is 0.370 e. The number of hydrogen-bond donors (Lipinski definition) is 1. The van der Waals surface area contributed by atoms with E-state index in [4.69, 9.17) is 4.74 Å². The lowest BCUT2D eigenvalue weighted by molar-refractivity contribution is -0.120. The molecule has 1 unspecified atom stereocenters. The molecule has 1 atom stereocenters. The molecule has 1 aromatic carbocycles. The number of carbonyl (C=O) groups excluding carboxylic acids is 2. The maximum Gasteiger partial charge on any atom is 0.253 e. The summed E-state index contributed by atoms with van der Waals surface area (Å²) in [6.45, 7) is 3.50. The second-order valence-electron chi connectivity index (χ2n) is 7.71. The molecule has 3 heterocycles. The molecule has 1 N–H and O–H groups in total. The van der Waals surface area contributed by atoms with Crippen molar-refractivity contribution < 1.29 is 14.3 Å². The standard InChI is InChI=1S/C21H26N4O3/c1-16(26)23-14-19-6-7-21(28-19)8-11-24(12-9-21)20(27)17-2-4-18(5-3-17)25-13-10-22-15-25/h2-5,10,13,15,19H,6-9,11-12,14H2,1H3,(H,23,26). The molecule has 148 valence electrons. The Balaban J connectivity index is 1.32. The van der Waals surface area contributed by atoms with E-state index in [1.165, 1.54) is 6.92 Å². The van der Waals surface area contributed by atoms with Gasteiger partial charge in [-0.2, -0.15) is 0 Å². The van der Waals surface area contributed by atoms with Crippen LogP contribution in [-0.2, 0) is 9.53 Å². The van der Waals surface area contributed by atoms with Crippen LogP contribution in [0.1, 0.15) is 43.0 Å². The van der Waals surface area contributed by atoms with E-state index in [0.29, 0.717) is 25.2 Å². The summed E-state index contributed by atoms with van der Waals surface area (Å²) in [6, 6.07) is 7.62. The van der Waals surface area contributed by atoms with Crippen molar-refractivity contribution >= 4 is 11.8 Å². The molecule has 1 aromatic heterocycles. The van der Waals surface area contributed by atoms with Gasteiger partial charge in [-0.3, -0.25) is 9.59 Å². The van der Waals surface area contributed by atoms with Gasteiger partial charge in [-0.1, -0.05) is 0 Å². The summed E-state index contributed by atoms with van der Waals surface area (Å²) in [5.74, 6) is 0.0452. The van der Waals surface area contributed by atoms with E-state index in [2.05, 4.69) is 10.3 Å². The zero-order valence-corrected chi connectivity index (χ0v) is 16.1. The zero-order valence-electron chi connectivity index (χ0n) is 16.1. The summed E-state index contributed by atoms with van der Waals surface area (Å²) in [6.07, 6.45) is 9.09. The maximum atomic E-state index is 12.9. The molecule has 28 heavy (non-hydrogen) atoms. The molecule has 0 aliphatic carbocycles. The van der Waals surface area contributed by atoms with Gasteiger partial charge >= 0.3 is 0 Å². The number of piperidine rings is 1. The maximum absolute atomic E-state index is 12.9. The Labute approximate surface area is 164 Å². The number of aromatic nitrogens is 2. The number of carbonyl (C=O) groups is 2. The van der Waals surface area contributed by atoms with Gasteiger partial charge < -0.3 is 19.5 Å². The summed E-state index contributed by atoms with van der Waals surface area (Å²) >= 11 is 0. The summed E-state index contributed by atoms with van der Waals surface area (Å²) in [5.41, 5.74) is 1.55. The quantitative estimate of drug-likeness (QED) is 0.879. The van der Waals surface area contributed by atoms with Crippen molar-refractivity contribution in [2.24, 2.45) is 0 Å². The smallest absolute Gasteiger partial charge is 0.253 e. The first-order valence-electron chi connectivity index (χ1n) is 9.85. The van der Waals surface area contributed by atoms with Gasteiger partial charge in [0.15, 0.2) is 0 Å². The predicted molar refractivity (Wildman–Crippen MR) is 104 cm³/mol. The van der Waals surface area contributed by atoms with Gasteiger partial charge in [0.2, 0.25) is 5.91 Å². The molecule has 7 heteroatoms. The zero-order chi connectivity index (χ0) is 19.6. The molecule has 2 fully saturated rings. The van der Waals surface area contributed by atoms with Crippen LogP contribution in [0.15, 0.2) is 43.0 Å². The van der Waals surface area contributed by atoms with E-state index in [-0.39, 0.29) is 23.5 Å². The second-order valence-corrected chi connectivity index (χ2v) is 7.71. The van der Waals surface area contributed by atoms with E-state index in [0.717, 1.165) is 31.4 Å². The molecular formula is C21H26N4O3. The number of benzene rings is 1. The predicted octanol–water partition coefficient (Wildman–Crippen LogP) is 2.16. The molecule has 0 radical (unpaired) electrons. The lowest BCUT2D eigenvalue weighted by Gasteiger charge is -2.39. The normalized spacial score (nSPS) is 21.0. The molecule has 4 rings (SSSR count). The number of likely N-dealkylation sites (tertiary alicyclic amines) is 1. The van der Waals surface area contributed by atoms with Crippen molar-refractivity contribution in [3.05, 3.63) is 48.5 Å². The highest BCUT2D eigenvalue weighted by Gasteiger charge is 2.43. The first kappa shape index (κ1) is 18.7. The lowest BCUT2D eigenvalue weighted by atomic mass is 9.88. The highest BCUT2D eigenvalue weighted by molar-refractivity contribution is 5.94. The van der Waals surface area contributed by atoms with Crippen molar-refractivity contribution in [3.8, 4) is 5.69 Å². The number of rotatable bonds is 4. The van der Waals surface area contributed by atoms with Crippen LogP contribution in [-0.4, -0.2) is 57.6 Å². The third-order valence-electron chi connectivity index (χ3n) is 5.80. The number of ether oxygens (including phenoxy) is 1. The molecule has 2 amide bonds. The Morgan fingerprint density at radius 1 is 1.21 bits per heavy atom. The third kappa shape index (κ3) is 3.94. The molecule has 2 aromatic rings. The van der Waals surface area contributed by atoms with Crippen molar-refractivity contribution in [2.45, 2.75) is 44.3 Å². The van der Waals surface area contributed by atoms with E-state index in [9.17, 15) is 9.59 Å². The fourth-order valence-corrected chi connectivity index (χ4v) is 4.15. The summed E-state index contributed by atoms with van der Waals surface area (Å²) in [7, 11) is 0. The van der Waals surface area contributed by atoms with E-state index < -0.39 is 0 Å². The van der Waals surface area contributed by atoms with Gasteiger partial charge in [-0.05, 0) is 49.9 Å². The molecule has 7 nitrogen and oxygen atoms in total. The fourth-order valence-electron chi connectivity index (χ4n) is 4.15. The fraction of sp³-hybridized carbons (Fsp3) is 0.476. The minimum absolute atomic E-state index is 0.0241. The molecule has 0 saturated carbocycles. The van der Waals surface area contributed by atoms with Crippen molar-refractivity contribution in [1.82, 2.24) is 19.8 Å². The monoisotopic (exact) mass is 382 g/mol. The van der Waals surface area contributed by atoms with Crippen LogP contribution < -0.4 is 5.32 Å². The van der Waals surface area contributed by atoms with Gasteiger partial charge in [0.25, 0.3) is 5.91 Å². The molecular weight excluding hydrogens is 356 g/mol. The Kier molecular flexibility index (Phi) is 5.17. The van der Waals surface area contributed by atoms with Gasteiger partial charge in [-0.15, -0.1) is 0 Å². The van der Waals surface area contributed by atoms with Crippen LogP contribution in [0.2, 0.25) is 0 Å². The van der Waals surface area contributed by atoms with Gasteiger partial charge in [-0.25, -0.2) is 4.98 Å². The Morgan fingerprint density at radius 2 is 1.96 bits per heavy atom. The molecule has 2 aliphatic rings. The number of imidazole rings is 1. The average molecular weight is 382 g/mol. The van der Waals surface area contributed by atoms with Crippen LogP contribution >= 0.6 is 0 Å². The number of hydrogen-bond acceptors (Lipinski definition) is 4. The molecule has 0 bridgehead atoms. The summed E-state index contributed by atoms with van der Waals surface area (Å²) < 4.78 is 8.18. The first-order valence-corrected chi connectivity index (χ1v) is 9.85. The molecule has 2 aliphatic heterocycles. The Bertz CT molecular complexity index is 824. The minimum Gasteiger partial charge on any atom is -0.370 e. The van der Waals surface area contributed by atoms with E-state index >= 15 is 0 Å². The van der Waals surface area contributed by atoms with Crippen LogP contribution in [0.4, 0.5) is 0 Å². The Morgan fingerprint density at radius 3 is 2.61 bits per heavy atom. The average Bonchev–Trinajstić information content (AvgIpc) is 3.37. The van der Waals surface area contributed by atoms with Crippen molar-refractivity contribution in [1.29, 1.82) is 0 Å². The van der Waals surface area contributed by atoms with Crippen molar-refractivity contribution in [3.63, 3.8) is 0 Å². The number of nitrogens with one attached hydrogen (secondary N) is 1. The molecule has 1 spiro atoms. The van der Waals surface area contributed by atoms with Crippen LogP contribution in [0, 0.1) is 0 Å². The third-order valence-corrected chi connectivity index (χ3v) is 5.80. The number of amides is 2. The topological polar surface area (TPSA) is 76.5 Å². The van der Waals surface area contributed by atoms with Crippen molar-refractivity contribution in [2.75, 3.05) is 19.6 Å². The van der Waals surface area contributed by atoms with Gasteiger partial charge in [0.1, 0.15) is 0 Å². The van der Waals surface area contributed by atoms with Crippen LogP contribution in [0.3, 0.4) is 0 Å². The molecule has 2 saturated heterocycles. The van der Waals surface area contributed by atoms with E-state index in [1.54, 1.807) is 12.5 Å². The van der Waals surface area contributed by atoms with Gasteiger partial charge in [0, 0.05) is 50.2 Å². The van der Waals surface area contributed by atoms with Crippen LogP contribution in [0.5, 0.6) is 0 Å². The highest BCUT2D eigenvalue weighted by atomic mass is 16.5. The Hall–Kier alpha value is -2.67. The highest BCUT2D eigenvalue weighted by Crippen LogP contribution is 2.39. The summed E-state index contributed by atoms with van der Waals surface area (Å²) in [4.78, 5) is 29.9. The first-order chi connectivity index (χ1) is 13.5. The number of nitrogens with zero attached hydrogens (tertiary/aromatic N) is 3. The lowest BCUT2D eigenvalue weighted by Crippen LogP contribution is -2.47. The minimum atomic E-state index is -0.134. The summed E-state index contributed by atoms with van der Waals surface area (Å²) in [5, 5.41) is 2.84. The van der Waals surface area contributed by atoms with Gasteiger partial charge in [0.05, 0.1) is 18.0 Å². The second kappa shape index (κ2) is 7.75. The van der Waals surface area contributed by atoms with Crippen LogP contribution in [0.25, 0.3) is 5.69 Å². The van der Waals surface area contributed by atoms with E-state index in [1.807, 2.05) is 39.9 Å². The SMILES string of the molecule is CC(=O)NCC1CCC2(CCN(C(=O)c3ccc(-n4ccnc4)cc3)CC2)O1.